The smallest absolute Gasteiger partial charge is 0.218 e. The summed E-state index contributed by atoms with van der Waals surface area (Å²) >= 11 is 1.71. The van der Waals surface area contributed by atoms with Crippen molar-refractivity contribution in [2.45, 2.75) is 69.3 Å². The first-order chi connectivity index (χ1) is 14.6. The molecule has 3 heterocycles. The molecule has 0 bridgehead atoms. The van der Waals surface area contributed by atoms with Gasteiger partial charge in [0.25, 0.3) is 0 Å². The number of alkyl halides is 1. The van der Waals surface area contributed by atoms with E-state index in [1.54, 1.807) is 17.5 Å². The van der Waals surface area contributed by atoms with Gasteiger partial charge in [-0.25, -0.2) is 9.37 Å². The van der Waals surface area contributed by atoms with Crippen LogP contribution in [0, 0.1) is 0 Å². The van der Waals surface area contributed by atoms with Crippen LogP contribution >= 0.6 is 11.3 Å². The molecule has 0 spiro atoms. The largest absolute Gasteiger partial charge is 0.490 e. The number of primary amides is 1. The number of fused-ring (bicyclic) bond motifs is 3. The predicted molar refractivity (Wildman–Crippen MR) is 114 cm³/mol. The molecule has 2 N–H and O–H groups in total. The van der Waals surface area contributed by atoms with Gasteiger partial charge < -0.3 is 15.2 Å². The SMILES string of the molecule is NC(=O)C[C@H]1CCc2sc3nccc(O[C@H]4CC[C@H](N5CCOC[C@@H]5F)CC4)c3c21. The standard InChI is InChI=1S/C22H28FN3O3S/c23-18-12-28-10-9-26(18)14-2-4-15(5-3-14)29-16-7-8-25-22-21(16)20-13(11-19(24)27)1-6-17(20)30-22/h7-8,13-15,18H,1-6,9-12H2,(H2,24,27)/t13-,14-,15-,18-/m1/s1. The number of carbonyl (C=O) groups is 1. The molecule has 1 saturated heterocycles. The number of aromatic nitrogens is 1. The van der Waals surface area contributed by atoms with Crippen LogP contribution in [0.3, 0.4) is 0 Å². The van der Waals surface area contributed by atoms with Crippen molar-refractivity contribution in [2.24, 2.45) is 5.73 Å². The first kappa shape index (κ1) is 20.2. The summed E-state index contributed by atoms with van der Waals surface area (Å²) in [6, 6.07) is 2.22. The third-order valence-electron chi connectivity index (χ3n) is 6.76. The van der Waals surface area contributed by atoms with Crippen molar-refractivity contribution in [3.63, 3.8) is 0 Å². The van der Waals surface area contributed by atoms with Crippen molar-refractivity contribution >= 4 is 27.5 Å². The third kappa shape index (κ3) is 3.81. The van der Waals surface area contributed by atoms with Crippen LogP contribution in [0.4, 0.5) is 4.39 Å². The molecule has 162 valence electrons. The highest BCUT2D eigenvalue weighted by molar-refractivity contribution is 7.19. The molecule has 3 aliphatic rings. The van der Waals surface area contributed by atoms with E-state index >= 15 is 0 Å². The Bertz CT molecular complexity index is 928. The molecule has 1 aliphatic heterocycles. The van der Waals surface area contributed by atoms with Crippen LogP contribution in [0.15, 0.2) is 12.3 Å². The number of pyridine rings is 1. The Labute approximate surface area is 179 Å². The van der Waals surface area contributed by atoms with Crippen molar-refractivity contribution in [3.8, 4) is 5.75 Å². The number of nitrogens with zero attached hydrogens (tertiary/aromatic N) is 2. The van der Waals surface area contributed by atoms with E-state index in [1.165, 1.54) is 10.4 Å². The molecule has 30 heavy (non-hydrogen) atoms. The summed E-state index contributed by atoms with van der Waals surface area (Å²) in [6.45, 7) is 1.47. The summed E-state index contributed by atoms with van der Waals surface area (Å²) in [5, 5.41) is 1.07. The third-order valence-corrected chi connectivity index (χ3v) is 7.93. The maximum absolute atomic E-state index is 14.2. The van der Waals surface area contributed by atoms with Crippen LogP contribution in [-0.4, -0.2) is 54.0 Å². The van der Waals surface area contributed by atoms with Crippen molar-refractivity contribution < 1.29 is 18.7 Å². The second kappa shape index (κ2) is 8.40. The molecule has 0 unspecified atom stereocenters. The fourth-order valence-electron chi connectivity index (χ4n) is 5.35. The number of carbonyl (C=O) groups excluding carboxylic acids is 1. The monoisotopic (exact) mass is 433 g/mol. The maximum Gasteiger partial charge on any atom is 0.218 e. The first-order valence-corrected chi connectivity index (χ1v) is 11.7. The van der Waals surface area contributed by atoms with E-state index < -0.39 is 6.30 Å². The first-order valence-electron chi connectivity index (χ1n) is 10.9. The zero-order chi connectivity index (χ0) is 20.7. The molecular weight excluding hydrogens is 405 g/mol. The van der Waals surface area contributed by atoms with Gasteiger partial charge in [-0.05, 0) is 56.1 Å². The minimum atomic E-state index is -0.989. The number of halogens is 1. The Hall–Kier alpha value is -1.77. The second-order valence-corrected chi connectivity index (χ2v) is 9.71. The summed E-state index contributed by atoms with van der Waals surface area (Å²) in [5.74, 6) is 0.773. The fourth-order valence-corrected chi connectivity index (χ4v) is 6.60. The molecule has 0 aromatic carbocycles. The van der Waals surface area contributed by atoms with Gasteiger partial charge in [-0.1, -0.05) is 0 Å². The average molecular weight is 434 g/mol. The lowest BCUT2D eigenvalue weighted by molar-refractivity contribution is -0.118. The van der Waals surface area contributed by atoms with Crippen LogP contribution in [0.2, 0.25) is 0 Å². The predicted octanol–water partition coefficient (Wildman–Crippen LogP) is 3.52. The highest BCUT2D eigenvalue weighted by Gasteiger charge is 2.34. The summed E-state index contributed by atoms with van der Waals surface area (Å²) in [7, 11) is 0. The topological polar surface area (TPSA) is 77.7 Å². The number of nitrogens with two attached hydrogens (primary N) is 1. The van der Waals surface area contributed by atoms with Crippen molar-refractivity contribution in [1.82, 2.24) is 9.88 Å². The molecule has 1 amide bonds. The zero-order valence-corrected chi connectivity index (χ0v) is 17.8. The van der Waals surface area contributed by atoms with Crippen LogP contribution in [-0.2, 0) is 16.0 Å². The van der Waals surface area contributed by atoms with E-state index in [0.717, 1.165) is 54.5 Å². The molecule has 2 aliphatic carbocycles. The molecule has 8 heteroatoms. The van der Waals surface area contributed by atoms with Gasteiger partial charge in [0.2, 0.25) is 5.91 Å². The van der Waals surface area contributed by atoms with Gasteiger partial charge in [0, 0.05) is 30.1 Å². The van der Waals surface area contributed by atoms with Crippen molar-refractivity contribution in [3.05, 3.63) is 22.7 Å². The fraction of sp³-hybridized carbons (Fsp3) is 0.636. The molecule has 0 radical (unpaired) electrons. The van der Waals surface area contributed by atoms with E-state index in [9.17, 15) is 9.18 Å². The lowest BCUT2D eigenvalue weighted by Crippen LogP contribution is -2.50. The lowest BCUT2D eigenvalue weighted by Gasteiger charge is -2.40. The summed E-state index contributed by atoms with van der Waals surface area (Å²) < 4.78 is 25.9. The molecule has 2 aromatic rings. The van der Waals surface area contributed by atoms with Crippen LogP contribution < -0.4 is 10.5 Å². The van der Waals surface area contributed by atoms with Crippen LogP contribution in [0.25, 0.3) is 10.2 Å². The summed E-state index contributed by atoms with van der Waals surface area (Å²) in [6.07, 6.45) is 6.95. The normalized spacial score (nSPS) is 29.8. The van der Waals surface area contributed by atoms with Gasteiger partial charge in [-0.3, -0.25) is 9.69 Å². The zero-order valence-electron chi connectivity index (χ0n) is 17.0. The Morgan fingerprint density at radius 3 is 2.93 bits per heavy atom. The number of hydrogen-bond donors (Lipinski definition) is 1. The van der Waals surface area contributed by atoms with Crippen LogP contribution in [0.5, 0.6) is 5.75 Å². The van der Waals surface area contributed by atoms with Gasteiger partial charge in [-0.2, -0.15) is 0 Å². The van der Waals surface area contributed by atoms with Crippen LogP contribution in [0.1, 0.15) is 54.9 Å². The molecule has 2 aromatic heterocycles. The number of ether oxygens (including phenoxy) is 2. The van der Waals surface area contributed by atoms with Gasteiger partial charge in [-0.15, -0.1) is 11.3 Å². The van der Waals surface area contributed by atoms with E-state index in [0.29, 0.717) is 19.6 Å². The molecule has 5 rings (SSSR count). The Morgan fingerprint density at radius 2 is 2.17 bits per heavy atom. The van der Waals surface area contributed by atoms with Gasteiger partial charge in [0.1, 0.15) is 10.6 Å². The quantitative estimate of drug-likeness (QED) is 0.730. The average Bonchev–Trinajstić information content (AvgIpc) is 3.29. The molecular formula is C22H28FN3O3S. The molecule has 6 nitrogen and oxygen atoms in total. The minimum absolute atomic E-state index is 0.123. The molecule has 2 atom stereocenters. The Morgan fingerprint density at radius 1 is 1.33 bits per heavy atom. The van der Waals surface area contributed by atoms with E-state index in [-0.39, 0.29) is 30.6 Å². The van der Waals surface area contributed by atoms with Gasteiger partial charge in [0.15, 0.2) is 6.30 Å². The molecule has 1 saturated carbocycles. The van der Waals surface area contributed by atoms with Gasteiger partial charge >= 0.3 is 0 Å². The minimum Gasteiger partial charge on any atom is -0.490 e. The van der Waals surface area contributed by atoms with E-state index in [4.69, 9.17) is 15.2 Å². The number of aryl methyl sites for hydroxylation is 1. The highest BCUT2D eigenvalue weighted by atomic mass is 32.1. The van der Waals surface area contributed by atoms with Crippen molar-refractivity contribution in [1.29, 1.82) is 0 Å². The Kier molecular flexibility index (Phi) is 5.64. The Balaban J connectivity index is 1.31. The second-order valence-electron chi connectivity index (χ2n) is 8.63. The number of hydrogen-bond acceptors (Lipinski definition) is 6. The highest BCUT2D eigenvalue weighted by Crippen LogP contribution is 2.48. The molecule has 2 fully saturated rings. The maximum atomic E-state index is 14.2. The lowest BCUT2D eigenvalue weighted by atomic mass is 9.91. The summed E-state index contributed by atoms with van der Waals surface area (Å²) in [4.78, 5) is 20.4. The number of thiophene rings is 1. The van der Waals surface area contributed by atoms with Crippen molar-refractivity contribution in [2.75, 3.05) is 19.8 Å². The van der Waals surface area contributed by atoms with E-state index in [2.05, 4.69) is 4.98 Å². The van der Waals surface area contributed by atoms with E-state index in [1.807, 2.05) is 11.0 Å². The number of amides is 1. The van der Waals surface area contributed by atoms with Gasteiger partial charge in [0.05, 0.1) is 24.7 Å². The number of rotatable bonds is 5. The summed E-state index contributed by atoms with van der Waals surface area (Å²) in [5.41, 5.74) is 6.71. The number of morpholine rings is 1.